The van der Waals surface area contributed by atoms with Gasteiger partial charge in [-0.1, -0.05) is 103 Å². The highest BCUT2D eigenvalue weighted by molar-refractivity contribution is 7.88. The molecule has 43 heavy (non-hydrogen) atoms. The zero-order chi connectivity index (χ0) is 30.7. The first-order valence-corrected chi connectivity index (χ1v) is 15.8. The van der Waals surface area contributed by atoms with E-state index in [1.165, 1.54) is 4.90 Å². The molecule has 2 amide bonds. The SMILES string of the molecule is COc1ccc(CN(C(=O)CN(Cc2ccccc2)S(C)(=O)=O)[C@H](Cc2ccccc2)C(=O)NCc2ccccc2)cc1. The molecule has 4 aromatic rings. The smallest absolute Gasteiger partial charge is 0.243 e. The van der Waals surface area contributed by atoms with Crippen LogP contribution in [0.25, 0.3) is 0 Å². The highest BCUT2D eigenvalue weighted by Gasteiger charge is 2.33. The van der Waals surface area contributed by atoms with Crippen molar-refractivity contribution in [1.82, 2.24) is 14.5 Å². The number of amides is 2. The number of benzene rings is 4. The summed E-state index contributed by atoms with van der Waals surface area (Å²) in [5.41, 5.74) is 3.33. The standard InChI is InChI=1S/C34H37N3O5S/c1-42-31-20-18-30(19-21-31)25-37(33(38)26-36(43(2,40)41)24-29-16-10-5-11-17-29)32(22-27-12-6-3-7-13-27)34(39)35-23-28-14-8-4-9-15-28/h3-21,32H,22-26H2,1-2H3,(H,35,39)/t32-/m1/s1. The van der Waals surface area contributed by atoms with Gasteiger partial charge in [0.15, 0.2) is 0 Å². The van der Waals surface area contributed by atoms with E-state index in [-0.39, 0.29) is 25.4 Å². The summed E-state index contributed by atoms with van der Waals surface area (Å²) in [7, 11) is -2.18. The van der Waals surface area contributed by atoms with E-state index in [1.54, 1.807) is 19.2 Å². The molecular weight excluding hydrogens is 562 g/mol. The molecule has 0 saturated heterocycles. The Labute approximate surface area is 254 Å². The van der Waals surface area contributed by atoms with Crippen LogP contribution in [-0.2, 0) is 45.7 Å². The van der Waals surface area contributed by atoms with E-state index in [4.69, 9.17) is 4.74 Å². The topological polar surface area (TPSA) is 96.0 Å². The maximum atomic E-state index is 14.1. The van der Waals surface area contributed by atoms with Crippen LogP contribution < -0.4 is 10.1 Å². The van der Waals surface area contributed by atoms with Crippen molar-refractivity contribution in [1.29, 1.82) is 0 Å². The van der Waals surface area contributed by atoms with E-state index in [0.29, 0.717) is 12.3 Å². The molecule has 8 nitrogen and oxygen atoms in total. The summed E-state index contributed by atoms with van der Waals surface area (Å²) in [6.45, 7) is 0.00745. The van der Waals surface area contributed by atoms with Crippen LogP contribution in [0, 0.1) is 0 Å². The Balaban J connectivity index is 1.68. The van der Waals surface area contributed by atoms with E-state index in [9.17, 15) is 18.0 Å². The average Bonchev–Trinajstić information content (AvgIpc) is 3.02. The monoisotopic (exact) mass is 599 g/mol. The van der Waals surface area contributed by atoms with E-state index in [2.05, 4.69) is 5.32 Å². The normalized spacial score (nSPS) is 12.0. The van der Waals surface area contributed by atoms with Crippen LogP contribution in [-0.4, -0.2) is 55.4 Å². The molecule has 0 heterocycles. The lowest BCUT2D eigenvalue weighted by molar-refractivity contribution is -0.141. The summed E-state index contributed by atoms with van der Waals surface area (Å²) >= 11 is 0. The number of hydrogen-bond acceptors (Lipinski definition) is 5. The number of sulfonamides is 1. The number of methoxy groups -OCH3 is 1. The van der Waals surface area contributed by atoms with Crippen molar-refractivity contribution < 1.29 is 22.7 Å². The third-order valence-electron chi connectivity index (χ3n) is 7.08. The van der Waals surface area contributed by atoms with Gasteiger partial charge in [-0.25, -0.2) is 8.42 Å². The van der Waals surface area contributed by atoms with Crippen LogP contribution in [0.4, 0.5) is 0 Å². The highest BCUT2D eigenvalue weighted by atomic mass is 32.2. The fraction of sp³-hybridized carbons (Fsp3) is 0.235. The van der Waals surface area contributed by atoms with Gasteiger partial charge in [-0.05, 0) is 34.4 Å². The van der Waals surface area contributed by atoms with Crippen LogP contribution in [0.15, 0.2) is 115 Å². The summed E-state index contributed by atoms with van der Waals surface area (Å²) in [5.74, 6) is -0.148. The van der Waals surface area contributed by atoms with Gasteiger partial charge in [-0.3, -0.25) is 9.59 Å². The van der Waals surface area contributed by atoms with E-state index in [1.807, 2.05) is 103 Å². The molecule has 224 valence electrons. The Hall–Kier alpha value is -4.47. The number of rotatable bonds is 14. The molecule has 0 aliphatic carbocycles. The zero-order valence-corrected chi connectivity index (χ0v) is 25.2. The minimum atomic E-state index is -3.76. The molecule has 0 bridgehead atoms. The van der Waals surface area contributed by atoms with Crippen molar-refractivity contribution in [3.05, 3.63) is 138 Å². The van der Waals surface area contributed by atoms with Crippen LogP contribution in [0.3, 0.4) is 0 Å². The van der Waals surface area contributed by atoms with E-state index in [0.717, 1.165) is 32.8 Å². The molecule has 0 radical (unpaired) electrons. The lowest BCUT2D eigenvalue weighted by Crippen LogP contribution is -2.53. The first-order chi connectivity index (χ1) is 20.7. The number of nitrogens with one attached hydrogen (secondary N) is 1. The molecule has 0 aliphatic rings. The Bertz CT molecular complexity index is 1570. The quantitative estimate of drug-likeness (QED) is 0.232. The van der Waals surface area contributed by atoms with Gasteiger partial charge in [-0.15, -0.1) is 0 Å². The Morgan fingerprint density at radius 2 is 1.23 bits per heavy atom. The molecule has 0 spiro atoms. The molecule has 4 rings (SSSR count). The Morgan fingerprint density at radius 3 is 1.77 bits per heavy atom. The molecule has 1 atom stereocenters. The van der Waals surface area contributed by atoms with E-state index < -0.39 is 28.5 Å². The van der Waals surface area contributed by atoms with Crippen molar-refractivity contribution in [3.8, 4) is 5.75 Å². The molecular formula is C34H37N3O5S. The van der Waals surface area contributed by atoms with Gasteiger partial charge in [0.2, 0.25) is 21.8 Å². The van der Waals surface area contributed by atoms with Gasteiger partial charge >= 0.3 is 0 Å². The predicted octanol–water partition coefficient (Wildman–Crippen LogP) is 4.41. The third kappa shape index (κ3) is 9.52. The van der Waals surface area contributed by atoms with E-state index >= 15 is 0 Å². The number of carbonyl (C=O) groups excluding carboxylic acids is 2. The number of carbonyl (C=O) groups is 2. The van der Waals surface area contributed by atoms with Gasteiger partial charge in [0.1, 0.15) is 11.8 Å². The number of ether oxygens (including phenoxy) is 1. The van der Waals surface area contributed by atoms with Gasteiger partial charge < -0.3 is 15.0 Å². The highest BCUT2D eigenvalue weighted by Crippen LogP contribution is 2.19. The van der Waals surface area contributed by atoms with Gasteiger partial charge in [-0.2, -0.15) is 4.31 Å². The first kappa shape index (κ1) is 31.5. The summed E-state index contributed by atoms with van der Waals surface area (Å²) in [5, 5.41) is 3.00. The summed E-state index contributed by atoms with van der Waals surface area (Å²) in [6, 6.07) is 34.5. The number of hydrogen-bond donors (Lipinski definition) is 1. The molecule has 0 aliphatic heterocycles. The average molecular weight is 600 g/mol. The second-order valence-electron chi connectivity index (χ2n) is 10.3. The van der Waals surface area contributed by atoms with Crippen molar-refractivity contribution in [2.45, 2.75) is 32.1 Å². The van der Waals surface area contributed by atoms with Crippen LogP contribution in [0.5, 0.6) is 5.75 Å². The molecule has 4 aromatic carbocycles. The third-order valence-corrected chi connectivity index (χ3v) is 8.27. The summed E-state index contributed by atoms with van der Waals surface area (Å²) in [4.78, 5) is 29.5. The first-order valence-electron chi connectivity index (χ1n) is 14.0. The molecule has 9 heteroatoms. The van der Waals surface area contributed by atoms with Crippen molar-refractivity contribution >= 4 is 21.8 Å². The van der Waals surface area contributed by atoms with Gasteiger partial charge in [0, 0.05) is 26.1 Å². The lowest BCUT2D eigenvalue weighted by Gasteiger charge is -2.33. The second kappa shape index (κ2) is 15.1. The summed E-state index contributed by atoms with van der Waals surface area (Å²) < 4.78 is 32.1. The molecule has 0 unspecified atom stereocenters. The molecule has 0 saturated carbocycles. The second-order valence-corrected chi connectivity index (χ2v) is 12.3. The van der Waals surface area contributed by atoms with Gasteiger partial charge in [0.05, 0.1) is 19.9 Å². The van der Waals surface area contributed by atoms with Crippen molar-refractivity contribution in [2.24, 2.45) is 0 Å². The maximum absolute atomic E-state index is 14.1. The van der Waals surface area contributed by atoms with Crippen molar-refractivity contribution in [3.63, 3.8) is 0 Å². The van der Waals surface area contributed by atoms with Gasteiger partial charge in [0.25, 0.3) is 0 Å². The fourth-order valence-corrected chi connectivity index (χ4v) is 5.43. The minimum Gasteiger partial charge on any atom is -0.497 e. The summed E-state index contributed by atoms with van der Waals surface area (Å²) in [6.07, 6.45) is 1.34. The maximum Gasteiger partial charge on any atom is 0.243 e. The fourth-order valence-electron chi connectivity index (χ4n) is 4.70. The molecule has 0 aromatic heterocycles. The van der Waals surface area contributed by atoms with Crippen LogP contribution in [0.1, 0.15) is 22.3 Å². The van der Waals surface area contributed by atoms with Crippen molar-refractivity contribution in [2.75, 3.05) is 19.9 Å². The molecule has 1 N–H and O–H groups in total. The largest absolute Gasteiger partial charge is 0.497 e. The predicted molar refractivity (Wildman–Crippen MR) is 167 cm³/mol. The van der Waals surface area contributed by atoms with Crippen LogP contribution >= 0.6 is 0 Å². The molecule has 0 fully saturated rings. The zero-order valence-electron chi connectivity index (χ0n) is 24.4. The lowest BCUT2D eigenvalue weighted by atomic mass is 10.0. The number of nitrogens with zero attached hydrogens (tertiary/aromatic N) is 2. The Kier molecular flexibility index (Phi) is 11.1. The Morgan fingerprint density at radius 1 is 0.721 bits per heavy atom. The minimum absolute atomic E-state index is 0.0331. The van der Waals surface area contributed by atoms with Crippen LogP contribution in [0.2, 0.25) is 0 Å².